The molecule has 1 N–H and O–H groups in total. The third-order valence-electron chi connectivity index (χ3n) is 4.92. The third-order valence-corrected chi connectivity index (χ3v) is 4.92. The lowest BCUT2D eigenvalue weighted by Crippen LogP contribution is -2.58. The Kier molecular flexibility index (Phi) is 4.14. The summed E-state index contributed by atoms with van der Waals surface area (Å²) in [5.41, 5.74) is 0.453. The molecule has 17 heavy (non-hydrogen) atoms. The number of hydrogen-bond donors (Lipinski definition) is 1. The Labute approximate surface area is 107 Å². The summed E-state index contributed by atoms with van der Waals surface area (Å²) >= 11 is 0. The van der Waals surface area contributed by atoms with Gasteiger partial charge in [-0.3, -0.25) is 4.90 Å². The Balaban J connectivity index is 2.04. The molecule has 0 bridgehead atoms. The van der Waals surface area contributed by atoms with E-state index in [0.29, 0.717) is 11.5 Å². The molecule has 2 nitrogen and oxygen atoms in total. The van der Waals surface area contributed by atoms with Gasteiger partial charge in [0.15, 0.2) is 0 Å². The lowest BCUT2D eigenvalue weighted by molar-refractivity contribution is 0.0523. The van der Waals surface area contributed by atoms with Crippen molar-refractivity contribution < 1.29 is 0 Å². The fraction of sp³-hybridized carbons (Fsp3) is 1.00. The van der Waals surface area contributed by atoms with Crippen LogP contribution < -0.4 is 5.32 Å². The van der Waals surface area contributed by atoms with Gasteiger partial charge in [-0.1, -0.05) is 27.2 Å². The van der Waals surface area contributed by atoms with E-state index in [1.54, 1.807) is 0 Å². The highest BCUT2D eigenvalue weighted by Crippen LogP contribution is 2.39. The van der Waals surface area contributed by atoms with Gasteiger partial charge in [-0.25, -0.2) is 0 Å². The van der Waals surface area contributed by atoms with Gasteiger partial charge in [0.2, 0.25) is 0 Å². The molecular formula is C15H30N2. The first-order valence-electron chi connectivity index (χ1n) is 7.49. The van der Waals surface area contributed by atoms with Gasteiger partial charge in [-0.15, -0.1) is 0 Å². The minimum Gasteiger partial charge on any atom is -0.315 e. The Morgan fingerprint density at radius 3 is 2.47 bits per heavy atom. The molecule has 0 saturated heterocycles. The summed E-state index contributed by atoms with van der Waals surface area (Å²) < 4.78 is 0. The molecule has 0 aromatic heterocycles. The zero-order chi connectivity index (χ0) is 12.5. The molecule has 0 aromatic rings. The molecule has 0 heterocycles. The van der Waals surface area contributed by atoms with Crippen molar-refractivity contribution in [2.45, 2.75) is 65.0 Å². The monoisotopic (exact) mass is 238 g/mol. The van der Waals surface area contributed by atoms with Crippen LogP contribution >= 0.6 is 0 Å². The molecular weight excluding hydrogens is 208 g/mol. The van der Waals surface area contributed by atoms with E-state index in [1.807, 2.05) is 0 Å². The highest BCUT2D eigenvalue weighted by atomic mass is 15.2. The normalized spacial score (nSPS) is 33.0. The molecule has 0 spiro atoms. The van der Waals surface area contributed by atoms with Crippen molar-refractivity contribution in [2.24, 2.45) is 11.3 Å². The summed E-state index contributed by atoms with van der Waals surface area (Å²) in [6, 6.07) is 1.42. The van der Waals surface area contributed by atoms with Gasteiger partial charge in [0.1, 0.15) is 0 Å². The van der Waals surface area contributed by atoms with E-state index in [1.165, 1.54) is 45.2 Å². The predicted octanol–water partition coefficient (Wildman–Crippen LogP) is 2.89. The van der Waals surface area contributed by atoms with Crippen LogP contribution in [0.4, 0.5) is 0 Å². The topological polar surface area (TPSA) is 15.3 Å². The molecule has 2 rings (SSSR count). The summed E-state index contributed by atoms with van der Waals surface area (Å²) in [7, 11) is 2.15. The van der Waals surface area contributed by atoms with Gasteiger partial charge < -0.3 is 5.32 Å². The van der Waals surface area contributed by atoms with Crippen LogP contribution in [-0.4, -0.2) is 37.1 Å². The Morgan fingerprint density at radius 1 is 1.24 bits per heavy atom. The first-order valence-corrected chi connectivity index (χ1v) is 7.49. The Hall–Kier alpha value is -0.0800. The maximum Gasteiger partial charge on any atom is 0.0271 e. The van der Waals surface area contributed by atoms with E-state index in [4.69, 9.17) is 0 Å². The average Bonchev–Trinajstić information content (AvgIpc) is 3.08. The van der Waals surface area contributed by atoms with Crippen molar-refractivity contribution in [3.05, 3.63) is 0 Å². The minimum atomic E-state index is 0.453. The van der Waals surface area contributed by atoms with Crippen molar-refractivity contribution in [3.8, 4) is 0 Å². The summed E-state index contributed by atoms with van der Waals surface area (Å²) in [6.45, 7) is 9.76. The quantitative estimate of drug-likeness (QED) is 0.792. The molecule has 0 aromatic carbocycles. The lowest BCUT2D eigenvalue weighted by Gasteiger charge is -2.48. The summed E-state index contributed by atoms with van der Waals surface area (Å²) in [6.07, 6.45) is 7.09. The second-order valence-corrected chi connectivity index (χ2v) is 6.75. The number of rotatable bonds is 5. The second kappa shape index (κ2) is 5.27. The van der Waals surface area contributed by atoms with Crippen LogP contribution in [0.25, 0.3) is 0 Å². The van der Waals surface area contributed by atoms with Gasteiger partial charge in [-0.05, 0) is 50.6 Å². The van der Waals surface area contributed by atoms with Crippen molar-refractivity contribution in [2.75, 3.05) is 20.1 Å². The zero-order valence-corrected chi connectivity index (χ0v) is 12.1. The van der Waals surface area contributed by atoms with E-state index >= 15 is 0 Å². The van der Waals surface area contributed by atoms with Crippen LogP contribution in [0, 0.1) is 11.3 Å². The lowest BCUT2D eigenvalue weighted by atomic mass is 9.70. The van der Waals surface area contributed by atoms with Gasteiger partial charge in [-0.2, -0.15) is 0 Å². The van der Waals surface area contributed by atoms with Crippen LogP contribution in [0.1, 0.15) is 52.9 Å². The van der Waals surface area contributed by atoms with Crippen LogP contribution in [0.15, 0.2) is 0 Å². The van der Waals surface area contributed by atoms with E-state index in [2.05, 4.69) is 38.0 Å². The van der Waals surface area contributed by atoms with E-state index in [0.717, 1.165) is 12.0 Å². The summed E-state index contributed by atoms with van der Waals surface area (Å²) in [5, 5.41) is 3.61. The molecule has 2 saturated carbocycles. The van der Waals surface area contributed by atoms with Crippen molar-refractivity contribution in [1.82, 2.24) is 10.2 Å². The van der Waals surface area contributed by atoms with Crippen LogP contribution in [0.5, 0.6) is 0 Å². The standard InChI is InChI=1S/C15H30N2/c1-5-17(11-12-8-9-12)13-7-6-10-15(2,3)14(13)16-4/h12-14,16H,5-11H2,1-4H3. The van der Waals surface area contributed by atoms with Gasteiger partial charge in [0.25, 0.3) is 0 Å². The summed E-state index contributed by atoms with van der Waals surface area (Å²) in [5.74, 6) is 1.01. The fourth-order valence-electron chi connectivity index (χ4n) is 3.72. The molecule has 2 heteroatoms. The third kappa shape index (κ3) is 3.03. The molecule has 0 radical (unpaired) electrons. The van der Waals surface area contributed by atoms with Gasteiger partial charge in [0.05, 0.1) is 0 Å². The molecule has 2 aliphatic rings. The molecule has 100 valence electrons. The zero-order valence-electron chi connectivity index (χ0n) is 12.1. The molecule has 0 aliphatic heterocycles. The van der Waals surface area contributed by atoms with Gasteiger partial charge >= 0.3 is 0 Å². The largest absolute Gasteiger partial charge is 0.315 e. The van der Waals surface area contributed by atoms with E-state index in [-0.39, 0.29) is 0 Å². The fourth-order valence-corrected chi connectivity index (χ4v) is 3.72. The van der Waals surface area contributed by atoms with E-state index < -0.39 is 0 Å². The molecule has 0 amide bonds. The first-order chi connectivity index (χ1) is 8.08. The van der Waals surface area contributed by atoms with Crippen LogP contribution in [-0.2, 0) is 0 Å². The molecule has 2 fully saturated rings. The molecule has 2 unspecified atom stereocenters. The number of hydrogen-bond acceptors (Lipinski definition) is 2. The van der Waals surface area contributed by atoms with Crippen molar-refractivity contribution in [1.29, 1.82) is 0 Å². The van der Waals surface area contributed by atoms with Gasteiger partial charge in [0, 0.05) is 18.6 Å². The van der Waals surface area contributed by atoms with E-state index in [9.17, 15) is 0 Å². The first kappa shape index (κ1) is 13.4. The maximum atomic E-state index is 3.61. The number of nitrogens with one attached hydrogen (secondary N) is 1. The average molecular weight is 238 g/mol. The Bertz CT molecular complexity index is 245. The second-order valence-electron chi connectivity index (χ2n) is 6.75. The highest BCUT2D eigenvalue weighted by Gasteiger charge is 2.41. The SMILES string of the molecule is CCN(CC1CC1)C1CCCC(C)(C)C1NC. The maximum absolute atomic E-state index is 3.61. The predicted molar refractivity (Wildman–Crippen MR) is 74.2 cm³/mol. The number of likely N-dealkylation sites (N-methyl/N-ethyl adjacent to an activating group) is 2. The highest BCUT2D eigenvalue weighted by molar-refractivity contribution is 4.98. The van der Waals surface area contributed by atoms with Crippen molar-refractivity contribution in [3.63, 3.8) is 0 Å². The minimum absolute atomic E-state index is 0.453. The molecule has 2 atom stereocenters. The summed E-state index contributed by atoms with van der Waals surface area (Å²) in [4.78, 5) is 2.75. The van der Waals surface area contributed by atoms with Crippen molar-refractivity contribution >= 4 is 0 Å². The smallest absolute Gasteiger partial charge is 0.0271 e. The number of nitrogens with zero attached hydrogens (tertiary/aromatic N) is 1. The molecule has 2 aliphatic carbocycles. The Morgan fingerprint density at radius 2 is 1.94 bits per heavy atom. The van der Waals surface area contributed by atoms with Crippen LogP contribution in [0.3, 0.4) is 0 Å². The van der Waals surface area contributed by atoms with Crippen LogP contribution in [0.2, 0.25) is 0 Å².